The normalized spacial score (nSPS) is 31.9. The summed E-state index contributed by atoms with van der Waals surface area (Å²) in [5.74, 6) is 0.303. The van der Waals surface area contributed by atoms with Crippen molar-refractivity contribution in [3.63, 3.8) is 0 Å². The number of hydrogen-bond donors (Lipinski definition) is 2. The molecule has 2 unspecified atom stereocenters. The molecule has 116 valence electrons. The maximum absolute atomic E-state index is 11.9. The van der Waals surface area contributed by atoms with Gasteiger partial charge in [0.1, 0.15) is 0 Å². The minimum absolute atomic E-state index is 0.244. The molecule has 20 heavy (non-hydrogen) atoms. The molecule has 0 bridgehead atoms. The Hall–Kier alpha value is -0.650. The molecular formula is C15H30N4O. The van der Waals surface area contributed by atoms with Crippen LogP contribution in [0.5, 0.6) is 0 Å². The molecule has 0 spiro atoms. The number of nitrogens with two attached hydrogens (primary N) is 1. The Kier molecular flexibility index (Phi) is 6.26. The van der Waals surface area contributed by atoms with Gasteiger partial charge in [0.2, 0.25) is 5.91 Å². The van der Waals surface area contributed by atoms with Gasteiger partial charge in [-0.2, -0.15) is 0 Å². The molecule has 2 aliphatic heterocycles. The van der Waals surface area contributed by atoms with Crippen molar-refractivity contribution < 1.29 is 4.79 Å². The van der Waals surface area contributed by atoms with E-state index in [1.54, 1.807) is 0 Å². The van der Waals surface area contributed by atoms with Crippen LogP contribution in [0.25, 0.3) is 0 Å². The molecule has 2 atom stereocenters. The molecule has 0 aliphatic carbocycles. The van der Waals surface area contributed by atoms with Crippen LogP contribution in [0.15, 0.2) is 0 Å². The second-order valence-corrected chi connectivity index (χ2v) is 6.24. The highest BCUT2D eigenvalue weighted by molar-refractivity contribution is 5.75. The monoisotopic (exact) mass is 282 g/mol. The van der Waals surface area contributed by atoms with Crippen molar-refractivity contribution in [2.24, 2.45) is 5.73 Å². The quantitative estimate of drug-likeness (QED) is 0.731. The fourth-order valence-electron chi connectivity index (χ4n) is 3.36. The van der Waals surface area contributed by atoms with E-state index in [-0.39, 0.29) is 6.04 Å². The summed E-state index contributed by atoms with van der Waals surface area (Å²) < 4.78 is 0. The first kappa shape index (κ1) is 15.7. The number of nitrogens with one attached hydrogen (secondary N) is 1. The van der Waals surface area contributed by atoms with E-state index in [0.29, 0.717) is 18.4 Å². The van der Waals surface area contributed by atoms with Crippen molar-refractivity contribution in [1.29, 1.82) is 0 Å². The van der Waals surface area contributed by atoms with Crippen LogP contribution in [0.3, 0.4) is 0 Å². The van der Waals surface area contributed by atoms with Gasteiger partial charge in [0.15, 0.2) is 0 Å². The van der Waals surface area contributed by atoms with Gasteiger partial charge >= 0.3 is 0 Å². The van der Waals surface area contributed by atoms with Crippen molar-refractivity contribution in [3.05, 3.63) is 0 Å². The number of nitrogens with zero attached hydrogens (tertiary/aromatic N) is 2. The summed E-state index contributed by atoms with van der Waals surface area (Å²) in [5.41, 5.74) is 6.28. The van der Waals surface area contributed by atoms with Crippen molar-refractivity contribution in [1.82, 2.24) is 15.1 Å². The van der Waals surface area contributed by atoms with Gasteiger partial charge in [0.05, 0.1) is 0 Å². The maximum Gasteiger partial charge on any atom is 0.222 e. The summed E-state index contributed by atoms with van der Waals surface area (Å²) in [6.07, 6.45) is 6.28. The number of carbonyl (C=O) groups excluding carboxylic acids is 1. The van der Waals surface area contributed by atoms with Crippen LogP contribution >= 0.6 is 0 Å². The van der Waals surface area contributed by atoms with E-state index in [1.807, 2.05) is 11.9 Å². The molecule has 0 aromatic heterocycles. The van der Waals surface area contributed by atoms with Gasteiger partial charge in [-0.3, -0.25) is 9.69 Å². The molecule has 2 aliphatic rings. The molecule has 2 fully saturated rings. The van der Waals surface area contributed by atoms with E-state index in [0.717, 1.165) is 58.4 Å². The Morgan fingerprint density at radius 2 is 1.95 bits per heavy atom. The minimum atomic E-state index is 0.244. The molecule has 2 rings (SSSR count). The van der Waals surface area contributed by atoms with E-state index < -0.39 is 0 Å². The van der Waals surface area contributed by atoms with Crippen LogP contribution in [0.4, 0.5) is 0 Å². The van der Waals surface area contributed by atoms with Gasteiger partial charge in [0, 0.05) is 45.2 Å². The van der Waals surface area contributed by atoms with Crippen molar-refractivity contribution >= 4 is 5.91 Å². The van der Waals surface area contributed by atoms with Gasteiger partial charge in [0.25, 0.3) is 0 Å². The lowest BCUT2D eigenvalue weighted by molar-refractivity contribution is -0.130. The Labute approximate surface area is 122 Å². The fraction of sp³-hybridized carbons (Fsp3) is 0.933. The van der Waals surface area contributed by atoms with Crippen LogP contribution < -0.4 is 11.1 Å². The van der Waals surface area contributed by atoms with Crippen LogP contribution in [-0.4, -0.2) is 67.6 Å². The Balaban J connectivity index is 1.92. The molecular weight excluding hydrogens is 252 g/mol. The first-order chi connectivity index (χ1) is 9.68. The Bertz CT molecular complexity index is 310. The molecule has 0 radical (unpaired) electrons. The summed E-state index contributed by atoms with van der Waals surface area (Å²) in [5, 5.41) is 3.37. The Morgan fingerprint density at radius 3 is 2.75 bits per heavy atom. The van der Waals surface area contributed by atoms with Gasteiger partial charge < -0.3 is 16.0 Å². The lowest BCUT2D eigenvalue weighted by atomic mass is 9.99. The van der Waals surface area contributed by atoms with Crippen molar-refractivity contribution in [3.8, 4) is 0 Å². The highest BCUT2D eigenvalue weighted by atomic mass is 16.2. The molecule has 0 saturated carbocycles. The summed E-state index contributed by atoms with van der Waals surface area (Å²) >= 11 is 0. The van der Waals surface area contributed by atoms with Crippen LogP contribution in [0, 0.1) is 0 Å². The average molecular weight is 282 g/mol. The van der Waals surface area contributed by atoms with Gasteiger partial charge in [-0.15, -0.1) is 0 Å². The topological polar surface area (TPSA) is 61.6 Å². The van der Waals surface area contributed by atoms with Crippen LogP contribution in [-0.2, 0) is 4.79 Å². The van der Waals surface area contributed by atoms with Crippen molar-refractivity contribution in [2.75, 3.05) is 39.8 Å². The van der Waals surface area contributed by atoms with Gasteiger partial charge in [-0.25, -0.2) is 0 Å². The molecule has 5 heteroatoms. The number of carbonyl (C=O) groups is 1. The minimum Gasteiger partial charge on any atom is -0.346 e. The summed E-state index contributed by atoms with van der Waals surface area (Å²) in [7, 11) is 1.93. The van der Waals surface area contributed by atoms with Gasteiger partial charge in [-0.05, 0) is 38.8 Å². The molecule has 1 amide bonds. The fourth-order valence-corrected chi connectivity index (χ4v) is 3.36. The van der Waals surface area contributed by atoms with Crippen LogP contribution in [0.1, 0.15) is 38.5 Å². The predicted molar refractivity (Wildman–Crippen MR) is 81.5 cm³/mol. The third kappa shape index (κ3) is 4.43. The number of rotatable bonds is 1. The zero-order valence-electron chi connectivity index (χ0n) is 12.8. The van der Waals surface area contributed by atoms with E-state index in [1.165, 1.54) is 6.42 Å². The highest BCUT2D eigenvalue weighted by Crippen LogP contribution is 2.15. The summed E-state index contributed by atoms with van der Waals surface area (Å²) in [4.78, 5) is 16.3. The zero-order valence-corrected chi connectivity index (χ0v) is 12.8. The zero-order chi connectivity index (χ0) is 14.4. The van der Waals surface area contributed by atoms with E-state index in [4.69, 9.17) is 5.73 Å². The molecule has 0 aromatic rings. The Morgan fingerprint density at radius 1 is 1.15 bits per heavy atom. The number of piperidine rings is 1. The largest absolute Gasteiger partial charge is 0.346 e. The van der Waals surface area contributed by atoms with Gasteiger partial charge in [-0.1, -0.05) is 6.42 Å². The smallest absolute Gasteiger partial charge is 0.222 e. The average Bonchev–Trinajstić information content (AvgIpc) is 2.48. The highest BCUT2D eigenvalue weighted by Gasteiger charge is 2.27. The molecule has 2 heterocycles. The van der Waals surface area contributed by atoms with E-state index >= 15 is 0 Å². The number of amides is 1. The molecule has 2 saturated heterocycles. The lowest BCUT2D eigenvalue weighted by Gasteiger charge is -2.39. The standard InChI is InChI=1S/C15H30N4O/c1-18-9-5-11-19(10-4-2-3-6-15(18)20)14-7-8-17-12-13(14)16/h13-14,17H,2-12,16H2,1H3. The summed E-state index contributed by atoms with van der Waals surface area (Å²) in [6.45, 7) is 5.08. The third-order valence-corrected chi connectivity index (χ3v) is 4.66. The first-order valence-electron chi connectivity index (χ1n) is 8.13. The predicted octanol–water partition coefficient (Wildman–Crippen LogP) is 0.400. The van der Waals surface area contributed by atoms with Crippen LogP contribution in [0.2, 0.25) is 0 Å². The third-order valence-electron chi connectivity index (χ3n) is 4.66. The molecule has 5 nitrogen and oxygen atoms in total. The van der Waals surface area contributed by atoms with E-state index in [2.05, 4.69) is 10.2 Å². The second kappa shape index (κ2) is 7.96. The first-order valence-corrected chi connectivity index (χ1v) is 8.13. The maximum atomic E-state index is 11.9. The lowest BCUT2D eigenvalue weighted by Crippen LogP contribution is -2.57. The number of hydrogen-bond acceptors (Lipinski definition) is 4. The molecule has 0 aromatic carbocycles. The second-order valence-electron chi connectivity index (χ2n) is 6.24. The van der Waals surface area contributed by atoms with Crippen molar-refractivity contribution in [2.45, 2.75) is 50.6 Å². The van der Waals surface area contributed by atoms with E-state index in [9.17, 15) is 4.79 Å². The summed E-state index contributed by atoms with van der Waals surface area (Å²) in [6, 6.07) is 0.756. The SMILES string of the molecule is CN1CCCN(C2CCNCC2N)CCCCCC1=O. The molecule has 3 N–H and O–H groups in total.